The number of aromatic amines is 1. The number of halogens is 2. The molecule has 0 aliphatic rings. The number of benzene rings is 2. The molecule has 0 spiro atoms. The van der Waals surface area contributed by atoms with Crippen LogP contribution < -0.4 is 0 Å². The van der Waals surface area contributed by atoms with Gasteiger partial charge in [-0.2, -0.15) is 0 Å². The second-order valence-corrected chi connectivity index (χ2v) is 7.46. The molecule has 0 aliphatic heterocycles. The summed E-state index contributed by atoms with van der Waals surface area (Å²) in [6.07, 6.45) is 2.95. The molecule has 0 saturated carbocycles. The Kier molecular flexibility index (Phi) is 7.95. The van der Waals surface area contributed by atoms with Crippen molar-refractivity contribution in [2.45, 2.75) is 39.3 Å². The molecule has 0 atom stereocenters. The number of aryl methyl sites for hydroxylation is 1. The highest BCUT2D eigenvalue weighted by Crippen LogP contribution is 2.30. The lowest BCUT2D eigenvalue weighted by molar-refractivity contribution is 0.271. The average molecular weight is 504 g/mol. The third-order valence-electron chi connectivity index (χ3n) is 5.14. The molecule has 9 heteroatoms. The number of hydrogen-bond acceptors (Lipinski definition) is 5. The molecule has 4 rings (SSSR count). The fourth-order valence-electron chi connectivity index (χ4n) is 3.56. The molecule has 0 fully saturated rings. The van der Waals surface area contributed by atoms with E-state index in [9.17, 15) is 5.11 Å². The van der Waals surface area contributed by atoms with Gasteiger partial charge >= 0.3 is 0 Å². The maximum atomic E-state index is 9.77. The van der Waals surface area contributed by atoms with E-state index in [4.69, 9.17) is 11.6 Å². The van der Waals surface area contributed by atoms with E-state index in [1.807, 2.05) is 22.8 Å². The standard InChI is InChI=1S/C22H23ClN6O.BrH/c1-2-3-8-20-24-21(23)19(14-30)29(20)13-15-9-11-16(12-10-15)17-6-4-5-7-18(17)22-25-27-28-26-22;/h4-7,9-12,30H,2-3,8,13-14H2,1H3,(H,25,26,27,28);1H. The van der Waals surface area contributed by atoms with Gasteiger partial charge in [-0.25, -0.2) is 10.1 Å². The zero-order chi connectivity index (χ0) is 20.9. The third kappa shape index (κ3) is 5.03. The van der Waals surface area contributed by atoms with Crippen LogP contribution in [-0.2, 0) is 19.6 Å². The van der Waals surface area contributed by atoms with Crippen molar-refractivity contribution in [1.82, 2.24) is 30.2 Å². The number of nitrogens with one attached hydrogen (secondary N) is 1. The Morgan fingerprint density at radius 1 is 1.06 bits per heavy atom. The number of imidazole rings is 1. The number of H-pyrrole nitrogens is 1. The molecule has 2 N–H and O–H groups in total. The lowest BCUT2D eigenvalue weighted by Gasteiger charge is -2.12. The number of tetrazole rings is 1. The Morgan fingerprint density at radius 3 is 2.45 bits per heavy atom. The van der Waals surface area contributed by atoms with Gasteiger partial charge in [0.1, 0.15) is 5.82 Å². The van der Waals surface area contributed by atoms with Crippen molar-refractivity contribution < 1.29 is 5.11 Å². The van der Waals surface area contributed by atoms with Crippen LogP contribution in [0.15, 0.2) is 48.5 Å². The monoisotopic (exact) mass is 502 g/mol. The number of rotatable bonds is 8. The number of aliphatic hydroxyl groups excluding tert-OH is 1. The van der Waals surface area contributed by atoms with E-state index in [0.29, 0.717) is 23.2 Å². The van der Waals surface area contributed by atoms with Crippen molar-refractivity contribution >= 4 is 28.6 Å². The molecule has 162 valence electrons. The minimum atomic E-state index is -0.130. The van der Waals surface area contributed by atoms with Crippen LogP contribution in [-0.4, -0.2) is 35.3 Å². The van der Waals surface area contributed by atoms with E-state index in [1.165, 1.54) is 0 Å². The molecule has 2 heterocycles. The summed E-state index contributed by atoms with van der Waals surface area (Å²) in [5.41, 5.74) is 4.84. The van der Waals surface area contributed by atoms with Gasteiger partial charge in [-0.05, 0) is 33.5 Å². The van der Waals surface area contributed by atoms with Gasteiger partial charge in [0.15, 0.2) is 11.0 Å². The molecular weight excluding hydrogens is 480 g/mol. The second-order valence-electron chi connectivity index (χ2n) is 7.11. The minimum absolute atomic E-state index is 0. The van der Waals surface area contributed by atoms with Crippen LogP contribution in [0.5, 0.6) is 0 Å². The SMILES string of the molecule is Br.CCCCc1nc(Cl)c(CO)n1Cc1ccc(-c2ccccc2-c2nnn[nH]2)cc1. The van der Waals surface area contributed by atoms with Gasteiger partial charge in [-0.15, -0.1) is 22.1 Å². The van der Waals surface area contributed by atoms with Gasteiger partial charge in [0, 0.05) is 18.5 Å². The molecule has 0 saturated heterocycles. The Labute approximate surface area is 196 Å². The summed E-state index contributed by atoms with van der Waals surface area (Å²) in [5.74, 6) is 1.55. The second kappa shape index (κ2) is 10.7. The summed E-state index contributed by atoms with van der Waals surface area (Å²) in [4.78, 5) is 4.47. The van der Waals surface area contributed by atoms with Crippen molar-refractivity contribution in [1.29, 1.82) is 0 Å². The zero-order valence-electron chi connectivity index (χ0n) is 17.1. The van der Waals surface area contributed by atoms with Gasteiger partial charge in [-0.3, -0.25) is 0 Å². The molecule has 7 nitrogen and oxygen atoms in total. The van der Waals surface area contributed by atoms with Crippen LogP contribution in [0.3, 0.4) is 0 Å². The van der Waals surface area contributed by atoms with Gasteiger partial charge in [0.25, 0.3) is 0 Å². The molecule has 0 bridgehead atoms. The molecule has 0 unspecified atom stereocenters. The summed E-state index contributed by atoms with van der Waals surface area (Å²) in [6, 6.07) is 16.3. The summed E-state index contributed by atoms with van der Waals surface area (Å²) in [5, 5.41) is 24.4. The average Bonchev–Trinajstić information content (AvgIpc) is 3.41. The van der Waals surface area contributed by atoms with Crippen molar-refractivity contribution in [3.8, 4) is 22.5 Å². The molecule has 0 radical (unpaired) electrons. The predicted molar refractivity (Wildman–Crippen MR) is 126 cm³/mol. The molecular formula is C22H24BrClN6O. The first kappa shape index (κ1) is 23.1. The number of hydrogen-bond donors (Lipinski definition) is 2. The fourth-order valence-corrected chi connectivity index (χ4v) is 3.81. The molecule has 0 aliphatic carbocycles. The lowest BCUT2D eigenvalue weighted by Crippen LogP contribution is -2.09. The summed E-state index contributed by atoms with van der Waals surface area (Å²) in [7, 11) is 0. The van der Waals surface area contributed by atoms with Gasteiger partial charge in [0.2, 0.25) is 0 Å². The Hall–Kier alpha value is -2.55. The van der Waals surface area contributed by atoms with Crippen LogP contribution in [0.25, 0.3) is 22.5 Å². The Morgan fingerprint density at radius 2 is 1.81 bits per heavy atom. The highest BCUT2D eigenvalue weighted by molar-refractivity contribution is 8.93. The normalized spacial score (nSPS) is 10.8. The van der Waals surface area contributed by atoms with Gasteiger partial charge in [0.05, 0.1) is 12.3 Å². The van der Waals surface area contributed by atoms with Crippen LogP contribution >= 0.6 is 28.6 Å². The van der Waals surface area contributed by atoms with Crippen LogP contribution in [0, 0.1) is 0 Å². The number of nitrogens with zero attached hydrogens (tertiary/aromatic N) is 5. The van der Waals surface area contributed by atoms with E-state index in [1.54, 1.807) is 0 Å². The van der Waals surface area contributed by atoms with Crippen molar-refractivity contribution in [3.05, 3.63) is 70.8 Å². The summed E-state index contributed by atoms with van der Waals surface area (Å²) in [6.45, 7) is 2.63. The topological polar surface area (TPSA) is 92.5 Å². The van der Waals surface area contributed by atoms with E-state index >= 15 is 0 Å². The van der Waals surface area contributed by atoms with E-state index < -0.39 is 0 Å². The maximum absolute atomic E-state index is 9.77. The van der Waals surface area contributed by atoms with Crippen molar-refractivity contribution in [3.63, 3.8) is 0 Å². The number of unbranched alkanes of at least 4 members (excludes halogenated alkanes) is 1. The highest BCUT2D eigenvalue weighted by Gasteiger charge is 2.15. The minimum Gasteiger partial charge on any atom is -0.390 e. The van der Waals surface area contributed by atoms with E-state index in [0.717, 1.165) is 47.3 Å². The van der Waals surface area contributed by atoms with Crippen molar-refractivity contribution in [2.24, 2.45) is 0 Å². The zero-order valence-corrected chi connectivity index (χ0v) is 19.6. The lowest BCUT2D eigenvalue weighted by atomic mass is 9.98. The van der Waals surface area contributed by atoms with Crippen molar-refractivity contribution in [2.75, 3.05) is 0 Å². The molecule has 2 aromatic carbocycles. The van der Waals surface area contributed by atoms with Crippen LogP contribution in [0.2, 0.25) is 5.15 Å². The fraction of sp³-hybridized carbons (Fsp3) is 0.273. The van der Waals surface area contributed by atoms with Gasteiger partial charge < -0.3 is 9.67 Å². The largest absolute Gasteiger partial charge is 0.390 e. The Bertz CT molecular complexity index is 1110. The Balaban J connectivity index is 0.00000272. The first-order chi connectivity index (χ1) is 14.7. The summed E-state index contributed by atoms with van der Waals surface area (Å²) >= 11 is 6.26. The number of aromatic nitrogens is 6. The highest BCUT2D eigenvalue weighted by atomic mass is 79.9. The number of aliphatic hydroxyl groups is 1. The first-order valence-electron chi connectivity index (χ1n) is 9.98. The molecule has 2 aromatic heterocycles. The smallest absolute Gasteiger partial charge is 0.180 e. The maximum Gasteiger partial charge on any atom is 0.180 e. The molecule has 0 amide bonds. The third-order valence-corrected chi connectivity index (χ3v) is 5.44. The van der Waals surface area contributed by atoms with Gasteiger partial charge in [-0.1, -0.05) is 73.5 Å². The van der Waals surface area contributed by atoms with Crippen LogP contribution in [0.1, 0.15) is 36.8 Å². The first-order valence-corrected chi connectivity index (χ1v) is 10.4. The molecule has 31 heavy (non-hydrogen) atoms. The predicted octanol–water partition coefficient (Wildman–Crippen LogP) is 4.84. The summed E-state index contributed by atoms with van der Waals surface area (Å²) < 4.78 is 2.03. The quantitative estimate of drug-likeness (QED) is 0.359. The molecule has 4 aromatic rings. The van der Waals surface area contributed by atoms with Crippen LogP contribution in [0.4, 0.5) is 0 Å². The van der Waals surface area contributed by atoms with E-state index in [2.05, 4.69) is 62.9 Å². The van der Waals surface area contributed by atoms with E-state index in [-0.39, 0.29) is 23.6 Å².